The van der Waals surface area contributed by atoms with E-state index in [4.69, 9.17) is 0 Å². The molecule has 0 aliphatic rings. The third-order valence-electron chi connectivity index (χ3n) is 4.89. The fraction of sp³-hybridized carbons (Fsp3) is 0.0385. The first-order valence-corrected chi connectivity index (χ1v) is 10.0. The van der Waals surface area contributed by atoms with Crippen LogP contribution in [0.2, 0.25) is 0 Å². The van der Waals surface area contributed by atoms with Gasteiger partial charge in [-0.25, -0.2) is 0 Å². The van der Waals surface area contributed by atoms with E-state index in [1.165, 1.54) is 0 Å². The van der Waals surface area contributed by atoms with Gasteiger partial charge in [-0.3, -0.25) is 9.59 Å². The molecule has 4 aromatic rings. The molecule has 0 atom stereocenters. The maximum Gasteiger partial charge on any atom is 0.266 e. The molecule has 1 aromatic heterocycles. The van der Waals surface area contributed by atoms with Crippen molar-refractivity contribution in [2.75, 3.05) is 10.6 Å². The van der Waals surface area contributed by atoms with Crippen molar-refractivity contribution >= 4 is 40.2 Å². The molecular formula is C26H20N4O2. The first-order chi connectivity index (χ1) is 15.6. The Morgan fingerprint density at radius 3 is 2.09 bits per heavy atom. The number of hydrogen-bond donors (Lipinski definition) is 2. The minimum Gasteiger partial charge on any atom is -0.337 e. The number of para-hydroxylation sites is 3. The summed E-state index contributed by atoms with van der Waals surface area (Å²) in [6.45, 7) is 0.0986. The van der Waals surface area contributed by atoms with Crippen LogP contribution < -0.4 is 10.6 Å². The molecule has 32 heavy (non-hydrogen) atoms. The molecule has 0 radical (unpaired) electrons. The summed E-state index contributed by atoms with van der Waals surface area (Å²) in [5.74, 6) is -0.660. The number of benzene rings is 3. The van der Waals surface area contributed by atoms with E-state index in [0.29, 0.717) is 11.3 Å². The van der Waals surface area contributed by atoms with Crippen LogP contribution in [0.25, 0.3) is 17.0 Å². The van der Waals surface area contributed by atoms with Crippen molar-refractivity contribution in [2.24, 2.45) is 0 Å². The van der Waals surface area contributed by atoms with E-state index in [2.05, 4.69) is 10.6 Å². The predicted octanol–water partition coefficient (Wildman–Crippen LogP) is 4.83. The predicted molar refractivity (Wildman–Crippen MR) is 126 cm³/mol. The standard InChI is InChI=1S/C26H20N4O2/c27-16-19(26(32)29-22-11-5-2-6-12-22)15-20-17-30(24-14-8-7-13-23(20)24)18-25(31)28-21-9-3-1-4-10-21/h1-15,17H,18H2,(H,28,31)(H,29,32)/b19-15+. The summed E-state index contributed by atoms with van der Waals surface area (Å²) < 4.78 is 1.81. The molecule has 0 spiro atoms. The molecule has 2 N–H and O–H groups in total. The van der Waals surface area contributed by atoms with Gasteiger partial charge in [0.05, 0.1) is 0 Å². The maximum absolute atomic E-state index is 12.6. The van der Waals surface area contributed by atoms with Crippen molar-refractivity contribution in [3.05, 3.63) is 102 Å². The third-order valence-corrected chi connectivity index (χ3v) is 4.89. The molecule has 0 fully saturated rings. The lowest BCUT2D eigenvalue weighted by Crippen LogP contribution is -2.18. The van der Waals surface area contributed by atoms with Gasteiger partial charge < -0.3 is 15.2 Å². The zero-order valence-corrected chi connectivity index (χ0v) is 17.2. The maximum atomic E-state index is 12.6. The fourth-order valence-electron chi connectivity index (χ4n) is 3.42. The molecule has 0 saturated carbocycles. The van der Waals surface area contributed by atoms with E-state index < -0.39 is 5.91 Å². The van der Waals surface area contributed by atoms with Gasteiger partial charge in [0, 0.05) is 34.0 Å². The summed E-state index contributed by atoms with van der Waals surface area (Å²) in [5.41, 5.74) is 2.83. The lowest BCUT2D eigenvalue weighted by molar-refractivity contribution is -0.116. The normalized spacial score (nSPS) is 11.0. The topological polar surface area (TPSA) is 86.9 Å². The average molecular weight is 420 g/mol. The third kappa shape index (κ3) is 4.74. The van der Waals surface area contributed by atoms with Gasteiger partial charge in [0.25, 0.3) is 5.91 Å². The molecule has 6 heteroatoms. The largest absolute Gasteiger partial charge is 0.337 e. The minimum absolute atomic E-state index is 0.0227. The second kappa shape index (κ2) is 9.45. The highest BCUT2D eigenvalue weighted by molar-refractivity contribution is 6.10. The number of nitrogens with zero attached hydrogens (tertiary/aromatic N) is 2. The summed E-state index contributed by atoms with van der Waals surface area (Å²) in [4.78, 5) is 25.2. The van der Waals surface area contributed by atoms with Crippen molar-refractivity contribution in [1.82, 2.24) is 4.57 Å². The molecule has 156 valence electrons. The number of carbonyl (C=O) groups excluding carboxylic acids is 2. The van der Waals surface area contributed by atoms with Crippen molar-refractivity contribution in [2.45, 2.75) is 6.54 Å². The van der Waals surface area contributed by atoms with Crippen molar-refractivity contribution < 1.29 is 9.59 Å². The summed E-state index contributed by atoms with van der Waals surface area (Å²) in [6, 6.07) is 27.7. The molecule has 6 nitrogen and oxygen atoms in total. The van der Waals surface area contributed by atoms with Crippen LogP contribution in [0.3, 0.4) is 0 Å². The van der Waals surface area contributed by atoms with Gasteiger partial charge in [0.15, 0.2) is 0 Å². The quantitative estimate of drug-likeness (QED) is 0.346. The van der Waals surface area contributed by atoms with Gasteiger partial charge in [-0.15, -0.1) is 0 Å². The Kier molecular flexibility index (Phi) is 6.10. The SMILES string of the molecule is N#C/C(=C\c1cn(CC(=O)Nc2ccccc2)c2ccccc12)C(=O)Nc1ccccc1. The first kappa shape index (κ1) is 20.6. The molecule has 0 aliphatic heterocycles. The number of rotatable bonds is 6. The van der Waals surface area contributed by atoms with Gasteiger partial charge in [-0.1, -0.05) is 54.6 Å². The van der Waals surface area contributed by atoms with Gasteiger partial charge in [0.2, 0.25) is 5.91 Å². The first-order valence-electron chi connectivity index (χ1n) is 10.0. The molecular weight excluding hydrogens is 400 g/mol. The van der Waals surface area contributed by atoms with Crippen LogP contribution in [0, 0.1) is 11.3 Å². The Labute approximate surface area is 185 Å². The molecule has 4 rings (SSSR count). The van der Waals surface area contributed by atoms with Gasteiger partial charge in [-0.2, -0.15) is 5.26 Å². The van der Waals surface area contributed by atoms with E-state index in [1.54, 1.807) is 36.5 Å². The Bertz CT molecular complexity index is 1330. The number of anilines is 2. The Balaban J connectivity index is 1.61. The highest BCUT2D eigenvalue weighted by atomic mass is 16.2. The highest BCUT2D eigenvalue weighted by Crippen LogP contribution is 2.24. The van der Waals surface area contributed by atoms with Crippen LogP contribution in [0.4, 0.5) is 11.4 Å². The highest BCUT2D eigenvalue weighted by Gasteiger charge is 2.14. The number of nitriles is 1. The molecule has 0 saturated heterocycles. The van der Waals surface area contributed by atoms with Gasteiger partial charge in [-0.05, 0) is 36.4 Å². The van der Waals surface area contributed by atoms with Crippen LogP contribution in [0.15, 0.2) is 96.7 Å². The molecule has 3 aromatic carbocycles. The minimum atomic E-state index is -0.489. The van der Waals surface area contributed by atoms with Gasteiger partial charge in [0.1, 0.15) is 18.2 Å². The molecule has 2 amide bonds. The number of hydrogen-bond acceptors (Lipinski definition) is 3. The average Bonchev–Trinajstić information content (AvgIpc) is 3.15. The molecule has 0 bridgehead atoms. The Morgan fingerprint density at radius 2 is 1.44 bits per heavy atom. The van der Waals surface area contributed by atoms with Crippen molar-refractivity contribution in [3.63, 3.8) is 0 Å². The number of amides is 2. The van der Waals surface area contributed by atoms with Crippen LogP contribution in [-0.2, 0) is 16.1 Å². The van der Waals surface area contributed by atoms with Crippen LogP contribution in [-0.4, -0.2) is 16.4 Å². The Morgan fingerprint density at radius 1 is 0.844 bits per heavy atom. The monoisotopic (exact) mass is 420 g/mol. The molecule has 0 unspecified atom stereocenters. The van der Waals surface area contributed by atoms with Gasteiger partial charge >= 0.3 is 0 Å². The zero-order valence-electron chi connectivity index (χ0n) is 17.2. The number of carbonyl (C=O) groups is 2. The molecule has 0 aliphatic carbocycles. The van der Waals surface area contributed by atoms with E-state index >= 15 is 0 Å². The second-order valence-corrected chi connectivity index (χ2v) is 7.13. The van der Waals surface area contributed by atoms with Crippen LogP contribution in [0.1, 0.15) is 5.56 Å². The molecule has 1 heterocycles. The smallest absolute Gasteiger partial charge is 0.266 e. The zero-order chi connectivity index (χ0) is 22.3. The number of fused-ring (bicyclic) bond motifs is 1. The van der Waals surface area contributed by atoms with E-state index in [9.17, 15) is 14.9 Å². The van der Waals surface area contributed by atoms with Crippen molar-refractivity contribution in [3.8, 4) is 6.07 Å². The van der Waals surface area contributed by atoms with Crippen LogP contribution in [0.5, 0.6) is 0 Å². The summed E-state index contributed by atoms with van der Waals surface area (Å²) in [7, 11) is 0. The van der Waals surface area contributed by atoms with E-state index in [1.807, 2.05) is 71.3 Å². The summed E-state index contributed by atoms with van der Waals surface area (Å²) in [5, 5.41) is 16.0. The van der Waals surface area contributed by atoms with Crippen LogP contribution >= 0.6 is 0 Å². The van der Waals surface area contributed by atoms with Crippen molar-refractivity contribution in [1.29, 1.82) is 5.26 Å². The Hall–Kier alpha value is -4.63. The number of aromatic nitrogens is 1. The van der Waals surface area contributed by atoms with E-state index in [0.717, 1.165) is 16.6 Å². The number of nitrogens with one attached hydrogen (secondary N) is 2. The lowest BCUT2D eigenvalue weighted by Gasteiger charge is -2.07. The second-order valence-electron chi connectivity index (χ2n) is 7.13. The summed E-state index contributed by atoms with van der Waals surface area (Å²) in [6.07, 6.45) is 3.33. The van der Waals surface area contributed by atoms with E-state index in [-0.39, 0.29) is 18.0 Å². The summed E-state index contributed by atoms with van der Waals surface area (Å²) >= 11 is 0. The fourth-order valence-corrected chi connectivity index (χ4v) is 3.42. The lowest BCUT2D eigenvalue weighted by atomic mass is 10.1.